The average molecular weight is 775 g/mol. The number of rotatable bonds is 8. The standard InChI is InChI=1S/C41H46N10O6/c1-46-17-18-50(40(46)57)28-3-2-14-48(22-28)33-21-43-35(36(42)53)31(44-33)19-25-4-6-26(7-5-25)47-15-12-41(13-16-47)23-49(24-41)27-8-9-29-30(20-27)39(56)51(38(29)55)32-10-11-34(52)45-37(32)54/h4-9,20-21,28,32H,2-3,10-19,22-24H2,1H3,(H2,42,53)(H,45,52,54)/t28-,32?/m0/s1. The molecule has 5 fully saturated rings. The van der Waals surface area contributed by atoms with Gasteiger partial charge in [0.15, 0.2) is 0 Å². The van der Waals surface area contributed by atoms with E-state index >= 15 is 0 Å². The number of piperidine rings is 3. The topological polar surface area (TPSA) is 186 Å². The van der Waals surface area contributed by atoms with E-state index in [-0.39, 0.29) is 41.6 Å². The SMILES string of the molecule is CN1CCN([C@H]2CCCN(c3cnc(C(N)=O)c(Cc4ccc(N5CCC6(CC5)CN(c5ccc7c(c5)C(=O)N(C5CCC(=O)NC5=O)C7=O)C6)cc4)n3)C2)C1=O. The van der Waals surface area contributed by atoms with Crippen molar-refractivity contribution in [1.29, 1.82) is 0 Å². The van der Waals surface area contributed by atoms with Crippen LogP contribution in [0.15, 0.2) is 48.7 Å². The summed E-state index contributed by atoms with van der Waals surface area (Å²) in [5.74, 6) is -1.93. The second-order valence-corrected chi connectivity index (χ2v) is 16.4. The molecule has 296 valence electrons. The molecule has 7 amide bonds. The molecular weight excluding hydrogens is 729 g/mol. The first-order valence-corrected chi connectivity index (χ1v) is 19.8. The fourth-order valence-electron chi connectivity index (χ4n) is 9.50. The molecule has 3 aromatic rings. The Kier molecular flexibility index (Phi) is 9.08. The molecule has 16 nitrogen and oxygen atoms in total. The van der Waals surface area contributed by atoms with Gasteiger partial charge in [-0.25, -0.2) is 14.8 Å². The molecule has 2 aromatic carbocycles. The number of aromatic nitrogens is 2. The molecule has 9 rings (SSSR count). The summed E-state index contributed by atoms with van der Waals surface area (Å²) in [6.45, 7) is 6.43. The van der Waals surface area contributed by atoms with Gasteiger partial charge in [-0.3, -0.25) is 34.2 Å². The third kappa shape index (κ3) is 6.59. The molecule has 1 aromatic heterocycles. The zero-order chi connectivity index (χ0) is 39.6. The van der Waals surface area contributed by atoms with Crippen LogP contribution in [-0.4, -0.2) is 132 Å². The van der Waals surface area contributed by atoms with Gasteiger partial charge >= 0.3 is 6.03 Å². The Labute approximate surface area is 329 Å². The molecule has 1 spiro atoms. The van der Waals surface area contributed by atoms with E-state index in [0.29, 0.717) is 30.0 Å². The van der Waals surface area contributed by atoms with Crippen LogP contribution in [0, 0.1) is 5.41 Å². The first kappa shape index (κ1) is 36.6. The number of amides is 7. The largest absolute Gasteiger partial charge is 0.371 e. The van der Waals surface area contributed by atoms with E-state index in [0.717, 1.165) is 93.3 Å². The van der Waals surface area contributed by atoms with Crippen LogP contribution in [0.25, 0.3) is 0 Å². The summed E-state index contributed by atoms with van der Waals surface area (Å²) in [5, 5.41) is 2.24. The van der Waals surface area contributed by atoms with Crippen molar-refractivity contribution in [2.24, 2.45) is 11.1 Å². The molecule has 1 unspecified atom stereocenters. The summed E-state index contributed by atoms with van der Waals surface area (Å²) >= 11 is 0. The monoisotopic (exact) mass is 774 g/mol. The second-order valence-electron chi connectivity index (χ2n) is 16.4. The molecule has 3 N–H and O–H groups in total. The molecule has 0 radical (unpaired) electrons. The smallest absolute Gasteiger partial charge is 0.320 e. The van der Waals surface area contributed by atoms with Crippen molar-refractivity contribution in [3.05, 3.63) is 76.7 Å². The van der Waals surface area contributed by atoms with Crippen LogP contribution in [0.1, 0.15) is 81.0 Å². The lowest BCUT2D eigenvalue weighted by atomic mass is 9.71. The number of nitrogens with zero attached hydrogens (tertiary/aromatic N) is 8. The predicted octanol–water partition coefficient (Wildman–Crippen LogP) is 2.01. The summed E-state index contributed by atoms with van der Waals surface area (Å²) in [6.07, 6.45) is 6.14. The molecule has 0 saturated carbocycles. The fraction of sp³-hybridized carbons (Fsp3) is 0.463. The lowest BCUT2D eigenvalue weighted by Crippen LogP contribution is -2.60. The lowest BCUT2D eigenvalue weighted by Gasteiger charge is -2.55. The van der Waals surface area contributed by atoms with Crippen molar-refractivity contribution >= 4 is 52.8 Å². The van der Waals surface area contributed by atoms with E-state index < -0.39 is 35.6 Å². The lowest BCUT2D eigenvalue weighted by molar-refractivity contribution is -0.136. The Balaban J connectivity index is 0.806. The number of anilines is 3. The molecule has 0 bridgehead atoms. The van der Waals surface area contributed by atoms with E-state index in [9.17, 15) is 28.8 Å². The van der Waals surface area contributed by atoms with Gasteiger partial charge in [0, 0.05) is 89.0 Å². The molecule has 57 heavy (non-hydrogen) atoms. The van der Waals surface area contributed by atoms with Gasteiger partial charge in [-0.05, 0) is 68.0 Å². The number of fused-ring (bicyclic) bond motifs is 1. The number of carbonyl (C=O) groups is 6. The first-order chi connectivity index (χ1) is 27.5. The van der Waals surface area contributed by atoms with Crippen LogP contribution in [0.4, 0.5) is 22.0 Å². The van der Waals surface area contributed by atoms with Crippen molar-refractivity contribution in [2.75, 3.05) is 74.1 Å². The summed E-state index contributed by atoms with van der Waals surface area (Å²) in [4.78, 5) is 96.5. The van der Waals surface area contributed by atoms with Crippen LogP contribution < -0.4 is 25.8 Å². The van der Waals surface area contributed by atoms with Gasteiger partial charge in [0.05, 0.1) is 29.1 Å². The highest BCUT2D eigenvalue weighted by Crippen LogP contribution is 2.44. The molecule has 16 heteroatoms. The molecule has 0 aliphatic carbocycles. The second kappa shape index (κ2) is 14.2. The zero-order valence-electron chi connectivity index (χ0n) is 32.0. The number of likely N-dealkylation sites (N-methyl/N-ethyl adjacent to an activating group) is 1. The summed E-state index contributed by atoms with van der Waals surface area (Å²) in [7, 11) is 1.83. The Morgan fingerprint density at radius 1 is 0.860 bits per heavy atom. The average Bonchev–Trinajstić information content (AvgIpc) is 3.66. The minimum atomic E-state index is -0.982. The molecule has 5 saturated heterocycles. The van der Waals surface area contributed by atoms with E-state index in [2.05, 4.69) is 49.3 Å². The van der Waals surface area contributed by atoms with Crippen LogP contribution in [0.5, 0.6) is 0 Å². The van der Waals surface area contributed by atoms with Gasteiger partial charge in [-0.15, -0.1) is 0 Å². The number of urea groups is 1. The summed E-state index contributed by atoms with van der Waals surface area (Å²) in [6, 6.07) is 12.9. The third-order valence-electron chi connectivity index (χ3n) is 12.8. The van der Waals surface area contributed by atoms with Crippen molar-refractivity contribution in [1.82, 2.24) is 30.0 Å². The van der Waals surface area contributed by atoms with Gasteiger partial charge < -0.3 is 30.2 Å². The fourth-order valence-corrected chi connectivity index (χ4v) is 9.50. The number of hydrogen-bond acceptors (Lipinski definition) is 11. The minimum absolute atomic E-state index is 0.0645. The number of primary amides is 1. The van der Waals surface area contributed by atoms with Gasteiger partial charge in [-0.2, -0.15) is 0 Å². The number of imide groups is 2. The highest BCUT2D eigenvalue weighted by atomic mass is 16.2. The third-order valence-corrected chi connectivity index (χ3v) is 12.8. The molecule has 2 atom stereocenters. The molecule has 6 aliphatic heterocycles. The van der Waals surface area contributed by atoms with Gasteiger partial charge in [0.2, 0.25) is 11.8 Å². The maximum atomic E-state index is 13.4. The number of hydrogen-bond donors (Lipinski definition) is 2. The van der Waals surface area contributed by atoms with Crippen LogP contribution >= 0.6 is 0 Å². The van der Waals surface area contributed by atoms with Gasteiger partial charge in [0.25, 0.3) is 17.7 Å². The van der Waals surface area contributed by atoms with Crippen molar-refractivity contribution < 1.29 is 28.8 Å². The highest BCUT2D eigenvalue weighted by Gasteiger charge is 2.47. The first-order valence-electron chi connectivity index (χ1n) is 19.8. The van der Waals surface area contributed by atoms with Crippen LogP contribution in [0.2, 0.25) is 0 Å². The Morgan fingerprint density at radius 2 is 1.60 bits per heavy atom. The van der Waals surface area contributed by atoms with E-state index in [1.54, 1.807) is 23.2 Å². The van der Waals surface area contributed by atoms with Crippen molar-refractivity contribution in [3.8, 4) is 0 Å². The van der Waals surface area contributed by atoms with E-state index in [1.165, 1.54) is 0 Å². The van der Waals surface area contributed by atoms with Crippen molar-refractivity contribution in [2.45, 2.75) is 57.0 Å². The molecule has 7 heterocycles. The Hall–Kier alpha value is -6.06. The minimum Gasteiger partial charge on any atom is -0.371 e. The normalized spacial score (nSPS) is 23.4. The number of nitrogens with one attached hydrogen (secondary N) is 1. The number of carbonyl (C=O) groups excluding carboxylic acids is 6. The Bertz CT molecular complexity index is 2180. The maximum absolute atomic E-state index is 13.4. The van der Waals surface area contributed by atoms with E-state index in [1.807, 2.05) is 18.0 Å². The summed E-state index contributed by atoms with van der Waals surface area (Å²) in [5.41, 5.74) is 10.2. The zero-order valence-corrected chi connectivity index (χ0v) is 32.0. The quantitative estimate of drug-likeness (QED) is 0.319. The molecule has 6 aliphatic rings. The molecular formula is C41H46N10O6. The summed E-state index contributed by atoms with van der Waals surface area (Å²) < 4.78 is 0. The number of nitrogens with two attached hydrogens (primary N) is 1. The van der Waals surface area contributed by atoms with Crippen LogP contribution in [-0.2, 0) is 16.0 Å². The highest BCUT2D eigenvalue weighted by molar-refractivity contribution is 6.23. The van der Waals surface area contributed by atoms with Gasteiger partial charge in [0.1, 0.15) is 17.6 Å². The maximum Gasteiger partial charge on any atom is 0.320 e. The predicted molar refractivity (Wildman–Crippen MR) is 209 cm³/mol. The number of benzene rings is 2. The van der Waals surface area contributed by atoms with E-state index in [4.69, 9.17) is 10.7 Å². The van der Waals surface area contributed by atoms with Crippen LogP contribution in [0.3, 0.4) is 0 Å². The van der Waals surface area contributed by atoms with Gasteiger partial charge in [-0.1, -0.05) is 12.1 Å². The van der Waals surface area contributed by atoms with Crippen molar-refractivity contribution in [3.63, 3.8) is 0 Å². The Morgan fingerprint density at radius 3 is 2.30 bits per heavy atom.